The normalized spacial score (nSPS) is 16.0. The van der Waals surface area contributed by atoms with Crippen molar-refractivity contribution >= 4 is 11.8 Å². The summed E-state index contributed by atoms with van der Waals surface area (Å²) in [5, 5.41) is 12.7. The van der Waals surface area contributed by atoms with E-state index in [-0.39, 0.29) is 24.8 Å². The second-order valence-corrected chi connectivity index (χ2v) is 6.32. The summed E-state index contributed by atoms with van der Waals surface area (Å²) in [6, 6.07) is 5.05. The van der Waals surface area contributed by atoms with Gasteiger partial charge in [0, 0.05) is 26.6 Å². The van der Waals surface area contributed by atoms with Crippen molar-refractivity contribution in [3.63, 3.8) is 0 Å². The Hall–Kier alpha value is -3.23. The highest BCUT2D eigenvalue weighted by Crippen LogP contribution is 2.24. The van der Waals surface area contributed by atoms with Crippen molar-refractivity contribution in [1.82, 2.24) is 19.8 Å². The molecule has 0 saturated heterocycles. The smallest absolute Gasteiger partial charge is 0.296 e. The number of halogens is 1. The molecule has 27 heavy (non-hydrogen) atoms. The van der Waals surface area contributed by atoms with Crippen molar-refractivity contribution in [3.8, 4) is 5.75 Å². The van der Waals surface area contributed by atoms with Gasteiger partial charge in [0.2, 0.25) is 11.7 Å². The summed E-state index contributed by atoms with van der Waals surface area (Å²) in [7, 11) is 0. The van der Waals surface area contributed by atoms with Gasteiger partial charge in [0.15, 0.2) is 5.69 Å². The Kier molecular flexibility index (Phi) is 4.93. The molecule has 0 aliphatic carbocycles. The van der Waals surface area contributed by atoms with Gasteiger partial charge in [0.05, 0.1) is 6.04 Å². The summed E-state index contributed by atoms with van der Waals surface area (Å²) in [4.78, 5) is 42.3. The van der Waals surface area contributed by atoms with Gasteiger partial charge < -0.3 is 15.3 Å². The predicted octanol–water partition coefficient (Wildman–Crippen LogP) is 0.941. The van der Waals surface area contributed by atoms with Gasteiger partial charge in [-0.1, -0.05) is 12.1 Å². The van der Waals surface area contributed by atoms with Crippen LogP contribution >= 0.6 is 0 Å². The minimum atomic E-state index is -0.737. The van der Waals surface area contributed by atoms with Crippen LogP contribution in [-0.4, -0.2) is 37.9 Å². The molecule has 3 rings (SSSR count). The minimum absolute atomic E-state index is 0.0772. The number of amides is 2. The molecule has 9 heteroatoms. The van der Waals surface area contributed by atoms with Crippen LogP contribution in [-0.2, 0) is 17.9 Å². The van der Waals surface area contributed by atoms with Crippen molar-refractivity contribution in [2.45, 2.75) is 33.0 Å². The minimum Gasteiger partial charge on any atom is -0.501 e. The number of nitrogens with one attached hydrogen (secondary N) is 1. The molecule has 0 fully saturated rings. The fourth-order valence-electron chi connectivity index (χ4n) is 3.09. The number of fused-ring (bicyclic) bond motifs is 1. The monoisotopic (exact) mass is 374 g/mol. The van der Waals surface area contributed by atoms with Gasteiger partial charge in [-0.05, 0) is 24.6 Å². The third-order valence-corrected chi connectivity index (χ3v) is 4.57. The zero-order valence-corrected chi connectivity index (χ0v) is 14.9. The van der Waals surface area contributed by atoms with Crippen molar-refractivity contribution in [2.24, 2.45) is 0 Å². The summed E-state index contributed by atoms with van der Waals surface area (Å²) >= 11 is 0. The number of nitrogens with zero attached hydrogens (tertiary/aromatic N) is 3. The maximum absolute atomic E-state index is 12.9. The number of aromatic hydroxyl groups is 1. The Morgan fingerprint density at radius 3 is 2.59 bits per heavy atom. The fraction of sp³-hybridized carbons (Fsp3) is 0.333. The van der Waals surface area contributed by atoms with Gasteiger partial charge in [-0.25, -0.2) is 9.37 Å². The molecular weight excluding hydrogens is 355 g/mol. The summed E-state index contributed by atoms with van der Waals surface area (Å²) in [5.74, 6) is -1.79. The van der Waals surface area contributed by atoms with Crippen molar-refractivity contribution in [1.29, 1.82) is 0 Å². The lowest BCUT2D eigenvalue weighted by atomic mass is 10.1. The number of carbonyl (C=O) groups is 2. The van der Waals surface area contributed by atoms with E-state index in [1.54, 1.807) is 11.8 Å². The lowest BCUT2D eigenvalue weighted by Crippen LogP contribution is -2.45. The number of carbonyl (C=O) groups excluding carboxylic acids is 2. The molecule has 2 heterocycles. The third kappa shape index (κ3) is 3.53. The van der Waals surface area contributed by atoms with Crippen LogP contribution in [0.3, 0.4) is 0 Å². The number of benzene rings is 1. The third-order valence-electron chi connectivity index (χ3n) is 4.57. The van der Waals surface area contributed by atoms with Crippen molar-refractivity contribution < 1.29 is 19.1 Å². The number of hydrogen-bond acceptors (Lipinski definition) is 5. The van der Waals surface area contributed by atoms with Crippen LogP contribution in [0, 0.1) is 5.82 Å². The molecule has 1 aromatic heterocycles. The molecule has 2 aromatic rings. The Labute approximate surface area is 154 Å². The van der Waals surface area contributed by atoms with E-state index in [0.717, 1.165) is 0 Å². The van der Waals surface area contributed by atoms with Crippen LogP contribution in [0.5, 0.6) is 5.75 Å². The zero-order chi connectivity index (χ0) is 19.7. The van der Waals surface area contributed by atoms with Crippen LogP contribution in [0.25, 0.3) is 0 Å². The molecule has 0 saturated carbocycles. The molecule has 2 amide bonds. The molecular formula is C18H19FN4O4. The van der Waals surface area contributed by atoms with Crippen LogP contribution < -0.4 is 10.9 Å². The molecule has 1 atom stereocenters. The topological polar surface area (TPSA) is 105 Å². The molecule has 0 radical (unpaired) electrons. The summed E-state index contributed by atoms with van der Waals surface area (Å²) in [5.41, 5.74) is -0.470. The van der Waals surface area contributed by atoms with Crippen LogP contribution in [0.15, 0.2) is 29.1 Å². The van der Waals surface area contributed by atoms with E-state index in [2.05, 4.69) is 10.3 Å². The Morgan fingerprint density at radius 2 is 1.96 bits per heavy atom. The van der Waals surface area contributed by atoms with Gasteiger partial charge in [0.1, 0.15) is 11.6 Å². The highest BCUT2D eigenvalue weighted by molar-refractivity contribution is 5.94. The van der Waals surface area contributed by atoms with Crippen molar-refractivity contribution in [3.05, 3.63) is 57.5 Å². The summed E-state index contributed by atoms with van der Waals surface area (Å²) in [6.45, 7) is 3.71. The van der Waals surface area contributed by atoms with Gasteiger partial charge >= 0.3 is 0 Å². The fourth-order valence-corrected chi connectivity index (χ4v) is 3.09. The SMILES string of the molecule is CC(=O)N1CCn2c(nc(C(=O)NCc3ccc(F)cc3)c(O)c2=O)C1C. The average molecular weight is 374 g/mol. The van der Waals surface area contributed by atoms with Crippen molar-refractivity contribution in [2.75, 3.05) is 6.54 Å². The number of aromatic nitrogens is 2. The summed E-state index contributed by atoms with van der Waals surface area (Å²) < 4.78 is 14.2. The van der Waals surface area contributed by atoms with Gasteiger partial charge in [-0.15, -0.1) is 0 Å². The molecule has 0 spiro atoms. The van der Waals surface area contributed by atoms with E-state index >= 15 is 0 Å². The highest BCUT2D eigenvalue weighted by Gasteiger charge is 2.31. The lowest BCUT2D eigenvalue weighted by molar-refractivity contribution is -0.132. The molecule has 0 bridgehead atoms. The first-order valence-corrected chi connectivity index (χ1v) is 8.43. The quantitative estimate of drug-likeness (QED) is 0.832. The van der Waals surface area contributed by atoms with Gasteiger partial charge in [-0.2, -0.15) is 0 Å². The van der Waals surface area contributed by atoms with Gasteiger partial charge in [0.25, 0.3) is 11.5 Å². The first-order valence-electron chi connectivity index (χ1n) is 8.43. The molecule has 1 aliphatic heterocycles. The van der Waals surface area contributed by atoms with E-state index in [0.29, 0.717) is 12.1 Å². The van der Waals surface area contributed by atoms with E-state index in [1.807, 2.05) is 0 Å². The highest BCUT2D eigenvalue weighted by atomic mass is 19.1. The molecule has 1 aromatic carbocycles. The molecule has 2 N–H and O–H groups in total. The molecule has 142 valence electrons. The number of rotatable bonds is 3. The second kappa shape index (κ2) is 7.18. The summed E-state index contributed by atoms with van der Waals surface area (Å²) in [6.07, 6.45) is 0. The van der Waals surface area contributed by atoms with Crippen LogP contribution in [0.4, 0.5) is 4.39 Å². The standard InChI is InChI=1S/C18H19FN4O4/c1-10-16-21-14(17(26)20-9-12-3-5-13(19)6-4-12)15(25)18(27)23(16)8-7-22(10)11(2)24/h3-6,10,25H,7-9H2,1-2H3,(H,20,26). The average Bonchev–Trinajstić information content (AvgIpc) is 2.64. The molecule has 1 aliphatic rings. The van der Waals surface area contributed by atoms with Crippen LogP contribution in [0.1, 0.15) is 41.8 Å². The molecule has 1 unspecified atom stereocenters. The first-order chi connectivity index (χ1) is 12.8. The number of hydrogen-bond donors (Lipinski definition) is 2. The van der Waals surface area contributed by atoms with E-state index in [1.165, 1.54) is 35.8 Å². The lowest BCUT2D eigenvalue weighted by Gasteiger charge is -2.34. The van der Waals surface area contributed by atoms with Crippen LogP contribution in [0.2, 0.25) is 0 Å². The Balaban J connectivity index is 1.88. The van der Waals surface area contributed by atoms with E-state index < -0.39 is 34.8 Å². The second-order valence-electron chi connectivity index (χ2n) is 6.32. The Bertz CT molecular complexity index is 955. The first kappa shape index (κ1) is 18.6. The van der Waals surface area contributed by atoms with E-state index in [9.17, 15) is 23.9 Å². The molecule has 8 nitrogen and oxygen atoms in total. The Morgan fingerprint density at radius 1 is 1.30 bits per heavy atom. The van der Waals surface area contributed by atoms with E-state index in [4.69, 9.17) is 0 Å². The largest absolute Gasteiger partial charge is 0.501 e. The predicted molar refractivity (Wildman–Crippen MR) is 93.5 cm³/mol. The maximum atomic E-state index is 12.9. The maximum Gasteiger partial charge on any atom is 0.296 e. The van der Waals surface area contributed by atoms with Gasteiger partial charge in [-0.3, -0.25) is 19.0 Å². The zero-order valence-electron chi connectivity index (χ0n) is 14.9.